The van der Waals surface area contributed by atoms with Crippen LogP contribution < -0.4 is 63.7 Å². The van der Waals surface area contributed by atoms with Crippen molar-refractivity contribution in [2.45, 2.75) is 201 Å². The average molecular weight is 2120 g/mol. The summed E-state index contributed by atoms with van der Waals surface area (Å²) >= 11 is -0.691. The van der Waals surface area contributed by atoms with E-state index in [1.807, 2.05) is 0 Å². The second kappa shape index (κ2) is 43.1. The molecule has 8 aliphatic carbocycles. The van der Waals surface area contributed by atoms with E-state index >= 15 is 0 Å². The predicted molar refractivity (Wildman–Crippen MR) is 598 cm³/mol. The Hall–Kier alpha value is -7.35. The average Bonchev–Trinajstić information content (AvgIpc) is 1.55. The standard InChI is InChI=1S/2C60H56P2.C6H15N.4ClH.2Ru/c2*1-59-37-15-25-53(59)49-27-29-51-45(47(49)35-39-59)31-33-55(61(41-17-7-3-8-18-41)42-19-9-4-10-20-42)57(51)58-52-30-28-50-48(36-40-60(2)38-16-26-54(50)60)46(52)32-34-56(58)62(43-21-11-5-12-22-43)44-23-13-6-14-24-44;1-4-7(5-2)6-3;;;;;;/h2*3-14,17-24,27-34,53-54H,15-16,25-26,35-40H2,1-2H3;4-6H2,1-3H3;4*1H;;/q;;;;;;;2*+2/p-4/t2*53-,54-,59+,60+;;;;;;;/m11......./s1. The number of nitrogens with zero attached hydrogens (tertiary/aromatic N) is 1. The molecule has 4 saturated carbocycles. The normalized spacial score (nSPS) is 21.5. The second-order valence-electron chi connectivity index (χ2n) is 40.9. The Morgan fingerprint density at radius 2 is 0.401 bits per heavy atom. The van der Waals surface area contributed by atoms with Gasteiger partial charge in [-0.25, -0.2) is 0 Å². The van der Waals surface area contributed by atoms with Crippen LogP contribution in [0.4, 0.5) is 0 Å². The van der Waals surface area contributed by atoms with Gasteiger partial charge in [-0.2, -0.15) is 0 Å². The maximum atomic E-state index is 4.85. The molecule has 0 unspecified atom stereocenters. The van der Waals surface area contributed by atoms with E-state index < -0.39 is 31.7 Å². The van der Waals surface area contributed by atoms with Crippen LogP contribution in [0.25, 0.3) is 65.3 Å². The fourth-order valence-electron chi connectivity index (χ4n) is 27.0. The summed E-state index contributed by atoms with van der Waals surface area (Å²) in [6, 6.07) is 133. The molecule has 700 valence electrons. The molecule has 11 heteroatoms. The van der Waals surface area contributed by atoms with E-state index in [1.165, 1.54) is 277 Å². The van der Waals surface area contributed by atoms with Crippen molar-refractivity contribution in [2.75, 3.05) is 19.6 Å². The SMILES string of the molecule is CCN(CC)CC.C[C@@]12CCC[C@@H]1c1ccc3c(-c4c(P(c5ccccc5)c5ccccc5)ccc5c6c(ccc45)[C@H]4CCC[C@@]4(C)CC6)c(P(c4ccccc4)c4ccccc4)ccc3c1CC2.C[C@@]12CCC[C@@H]1c1ccc3c(-c4c(P(c5ccccc5)c5ccccc5)ccc5c6c(ccc45)[C@H]4CCC[C@@]4(C)CC6)c(P(c4ccccc4)c4ccccc4)ccc3c1CC2.[Cl][Ru][Cl].[Cl][Ru][Cl]. The molecule has 0 aliphatic heterocycles. The van der Waals surface area contributed by atoms with Crippen LogP contribution in [0.15, 0.2) is 340 Å². The minimum atomic E-state index is -0.904. The third-order valence-corrected chi connectivity index (χ3v) is 43.8. The van der Waals surface area contributed by atoms with Gasteiger partial charge in [0.2, 0.25) is 0 Å². The van der Waals surface area contributed by atoms with E-state index in [9.17, 15) is 0 Å². The van der Waals surface area contributed by atoms with Gasteiger partial charge in [0, 0.05) is 0 Å². The van der Waals surface area contributed by atoms with Crippen molar-refractivity contribution in [1.82, 2.24) is 4.90 Å². The van der Waals surface area contributed by atoms with Crippen molar-refractivity contribution in [2.24, 2.45) is 21.7 Å². The van der Waals surface area contributed by atoms with Crippen LogP contribution in [-0.4, -0.2) is 24.5 Å². The molecule has 16 aromatic carbocycles. The molecule has 1 nitrogen and oxygen atoms in total. The zero-order valence-corrected chi connectivity index (χ0v) is 90.4. The topological polar surface area (TPSA) is 3.24 Å². The number of fused-ring (bicyclic) bond motifs is 20. The molecule has 16 aromatic rings. The Morgan fingerprint density at radius 3 is 0.562 bits per heavy atom. The molecule has 8 atom stereocenters. The molecule has 0 amide bonds. The second-order valence-corrected chi connectivity index (χ2v) is 54.9. The molecule has 137 heavy (non-hydrogen) atoms. The molecular weight excluding hydrogens is 2000 g/mol. The van der Waals surface area contributed by atoms with Gasteiger partial charge < -0.3 is 4.90 Å². The quantitative estimate of drug-likeness (QED) is 0.0649. The molecule has 4 fully saturated rings. The number of hydrogen-bond acceptors (Lipinski definition) is 1. The van der Waals surface area contributed by atoms with Crippen LogP contribution in [0, 0.1) is 21.7 Å². The zero-order chi connectivity index (χ0) is 93.9. The van der Waals surface area contributed by atoms with E-state index in [1.54, 1.807) is 44.5 Å². The third-order valence-electron chi connectivity index (χ3n) is 33.8. The monoisotopic (exact) mass is 2120 g/mol. The Bertz CT molecular complexity index is 5960. The molecule has 24 rings (SSSR count). The Labute approximate surface area is 852 Å². The minimum absolute atomic E-state index is 0.346. The molecule has 0 saturated heterocycles. The van der Waals surface area contributed by atoms with E-state index in [-0.39, 0.29) is 30.3 Å². The summed E-state index contributed by atoms with van der Waals surface area (Å²) < 4.78 is 0. The van der Waals surface area contributed by atoms with Crippen LogP contribution in [0.3, 0.4) is 0 Å². The number of hydrogen-bond donors (Lipinski definition) is 0. The summed E-state index contributed by atoms with van der Waals surface area (Å²) in [4.78, 5) is 2.38. The number of halogens is 4. The van der Waals surface area contributed by atoms with Crippen LogP contribution in [-0.2, 0) is 56.0 Å². The number of rotatable bonds is 17. The van der Waals surface area contributed by atoms with E-state index in [0.717, 1.165) is 0 Å². The van der Waals surface area contributed by atoms with Crippen molar-refractivity contribution in [1.29, 1.82) is 0 Å². The zero-order valence-electron chi connectivity index (χ0n) is 80.4. The first kappa shape index (κ1) is 97.1. The van der Waals surface area contributed by atoms with E-state index in [0.29, 0.717) is 45.3 Å². The van der Waals surface area contributed by atoms with Crippen LogP contribution in [0.2, 0.25) is 0 Å². The van der Waals surface area contributed by atoms with Crippen LogP contribution in [0.1, 0.15) is 219 Å². The molecular formula is C126H127Cl4NP4Ru2. The van der Waals surface area contributed by atoms with Crippen molar-refractivity contribution >= 4 is 177 Å². The first-order chi connectivity index (χ1) is 67.2. The van der Waals surface area contributed by atoms with Crippen LogP contribution in [0.5, 0.6) is 0 Å². The van der Waals surface area contributed by atoms with Crippen molar-refractivity contribution in [3.8, 4) is 22.3 Å². The molecule has 0 N–H and O–H groups in total. The summed E-state index contributed by atoms with van der Waals surface area (Å²) in [6.07, 6.45) is 26.0. The van der Waals surface area contributed by atoms with Gasteiger partial charge in [0.1, 0.15) is 0 Å². The Morgan fingerprint density at radius 1 is 0.234 bits per heavy atom. The molecule has 0 radical (unpaired) electrons. The summed E-state index contributed by atoms with van der Waals surface area (Å²) in [5, 5.41) is 28.8. The number of benzene rings is 16. The van der Waals surface area contributed by atoms with Gasteiger partial charge in [0.05, 0.1) is 0 Å². The Balaban J connectivity index is 0.000000150. The molecule has 0 spiro atoms. The fraction of sp³-hybridized carbons (Fsp3) is 0.302. The van der Waals surface area contributed by atoms with Gasteiger partial charge in [-0.3, -0.25) is 0 Å². The summed E-state index contributed by atoms with van der Waals surface area (Å²) in [5.41, 5.74) is 20.6. The maximum absolute atomic E-state index is 4.85. The summed E-state index contributed by atoms with van der Waals surface area (Å²) in [7, 11) is 15.8. The van der Waals surface area contributed by atoms with Gasteiger partial charge in [-0.15, -0.1) is 0 Å². The first-order valence-corrected chi connectivity index (χ1v) is 64.9. The predicted octanol–water partition coefficient (Wildman–Crippen LogP) is 31.3. The van der Waals surface area contributed by atoms with Crippen molar-refractivity contribution in [3.05, 3.63) is 384 Å². The third kappa shape index (κ3) is 18.9. The summed E-state index contributed by atoms with van der Waals surface area (Å²) in [6.45, 7) is 20.5. The van der Waals surface area contributed by atoms with Gasteiger partial charge in [-0.1, -0.05) is 414 Å². The Kier molecular flexibility index (Phi) is 30.5. The van der Waals surface area contributed by atoms with Gasteiger partial charge in [-0.05, 0) is 373 Å². The van der Waals surface area contributed by atoms with E-state index in [2.05, 4.69) is 393 Å². The number of aryl methyl sites for hydroxylation is 4. The van der Waals surface area contributed by atoms with Crippen molar-refractivity contribution in [3.63, 3.8) is 0 Å². The van der Waals surface area contributed by atoms with Gasteiger partial charge >= 0.3 is 69.1 Å². The first-order valence-electron chi connectivity index (χ1n) is 50.5. The van der Waals surface area contributed by atoms with Crippen molar-refractivity contribution < 1.29 is 30.3 Å². The summed E-state index contributed by atoms with van der Waals surface area (Å²) in [5.74, 6) is 2.65. The molecule has 0 bridgehead atoms. The molecule has 0 heterocycles. The molecule has 0 aromatic heterocycles. The van der Waals surface area contributed by atoms with Gasteiger partial charge in [0.15, 0.2) is 0 Å². The molecule has 8 aliphatic rings. The van der Waals surface area contributed by atoms with E-state index in [4.69, 9.17) is 38.8 Å². The van der Waals surface area contributed by atoms with Gasteiger partial charge in [0.25, 0.3) is 0 Å². The van der Waals surface area contributed by atoms with Crippen LogP contribution >= 0.6 is 70.5 Å². The fourth-order valence-corrected chi connectivity index (χ4v) is 36.9.